The molecule has 0 N–H and O–H groups in total. The Morgan fingerprint density at radius 2 is 1.13 bits per heavy atom. The third kappa shape index (κ3) is 12.9. The molecule has 3 nitrogen and oxygen atoms in total. The lowest BCUT2D eigenvalue weighted by Crippen LogP contribution is -2.09. The number of unbranched alkanes of at least 4 members (excludes halogenated alkanes) is 12. The van der Waals surface area contributed by atoms with Crippen molar-refractivity contribution in [1.82, 2.24) is 0 Å². The molecule has 30 heavy (non-hydrogen) atoms. The summed E-state index contributed by atoms with van der Waals surface area (Å²) in [5.74, 6) is 0.924. The van der Waals surface area contributed by atoms with Gasteiger partial charge >= 0.3 is 0 Å². The van der Waals surface area contributed by atoms with Crippen LogP contribution in [0.15, 0.2) is 18.2 Å². The SMILES string of the molecule is CCCCCCCCCOP(OCCCCCCCCC)c1ccc(OC)c(C)c1. The van der Waals surface area contributed by atoms with Crippen molar-refractivity contribution in [3.8, 4) is 5.75 Å². The van der Waals surface area contributed by atoms with Gasteiger partial charge in [-0.25, -0.2) is 0 Å². The molecule has 1 aromatic rings. The van der Waals surface area contributed by atoms with E-state index in [0.717, 1.165) is 42.7 Å². The number of hydrogen-bond donors (Lipinski definition) is 0. The van der Waals surface area contributed by atoms with E-state index in [1.807, 2.05) is 6.07 Å². The molecule has 0 fully saturated rings. The first kappa shape index (κ1) is 27.4. The molecular formula is C26H47O3P. The molecule has 0 aliphatic rings. The fraction of sp³-hybridized carbons (Fsp3) is 0.769. The van der Waals surface area contributed by atoms with E-state index in [-0.39, 0.29) is 0 Å². The van der Waals surface area contributed by atoms with E-state index in [2.05, 4.69) is 32.9 Å². The van der Waals surface area contributed by atoms with Gasteiger partial charge in [-0.1, -0.05) is 90.9 Å². The molecule has 174 valence electrons. The first-order valence-electron chi connectivity index (χ1n) is 12.4. The van der Waals surface area contributed by atoms with Gasteiger partial charge in [0.15, 0.2) is 0 Å². The van der Waals surface area contributed by atoms with Crippen LogP contribution in [0.5, 0.6) is 5.75 Å². The summed E-state index contributed by atoms with van der Waals surface area (Å²) in [6.45, 7) is 8.21. The zero-order chi connectivity index (χ0) is 21.9. The summed E-state index contributed by atoms with van der Waals surface area (Å²) < 4.78 is 17.9. The summed E-state index contributed by atoms with van der Waals surface area (Å²) in [4.78, 5) is 0. The summed E-state index contributed by atoms with van der Waals surface area (Å²) in [6, 6.07) is 6.31. The van der Waals surface area contributed by atoms with Gasteiger partial charge in [-0.15, -0.1) is 0 Å². The standard InChI is InChI=1S/C26H47O3P/c1-5-7-9-11-13-15-17-21-28-30(25-19-20-26(27-4)24(3)23-25)29-22-18-16-14-12-10-8-6-2/h19-20,23H,5-18,21-22H2,1-4H3. The van der Waals surface area contributed by atoms with E-state index in [9.17, 15) is 0 Å². The van der Waals surface area contributed by atoms with Crippen molar-refractivity contribution in [2.24, 2.45) is 0 Å². The van der Waals surface area contributed by atoms with Crippen molar-refractivity contribution in [2.75, 3.05) is 20.3 Å². The molecular weight excluding hydrogens is 391 g/mol. The third-order valence-electron chi connectivity index (χ3n) is 5.50. The molecule has 1 aromatic carbocycles. The zero-order valence-corrected chi connectivity index (χ0v) is 21.1. The second kappa shape index (κ2) is 19.1. The Hall–Kier alpha value is -0.630. The predicted octanol–water partition coefficient (Wildman–Crippen LogP) is 8.48. The number of ether oxygens (including phenoxy) is 1. The van der Waals surface area contributed by atoms with Crippen LogP contribution in [0.2, 0.25) is 0 Å². The second-order valence-electron chi connectivity index (χ2n) is 8.32. The Labute approximate surface area is 188 Å². The largest absolute Gasteiger partial charge is 0.496 e. The van der Waals surface area contributed by atoms with Gasteiger partial charge in [0.25, 0.3) is 0 Å². The monoisotopic (exact) mass is 438 g/mol. The number of benzene rings is 1. The molecule has 0 aliphatic carbocycles. The summed E-state index contributed by atoms with van der Waals surface area (Å²) in [5.41, 5.74) is 1.14. The minimum absolute atomic E-state index is 0.793. The van der Waals surface area contributed by atoms with Crippen molar-refractivity contribution in [2.45, 2.75) is 111 Å². The molecule has 0 aromatic heterocycles. The first-order valence-corrected chi connectivity index (χ1v) is 13.6. The van der Waals surface area contributed by atoms with Crippen LogP contribution in [0, 0.1) is 6.92 Å². The minimum Gasteiger partial charge on any atom is -0.496 e. The maximum Gasteiger partial charge on any atom is 0.205 e. The van der Waals surface area contributed by atoms with Gasteiger partial charge in [0.1, 0.15) is 5.75 Å². The Kier molecular flexibility index (Phi) is 17.4. The molecule has 4 heteroatoms. The molecule has 0 amide bonds. The van der Waals surface area contributed by atoms with Gasteiger partial charge < -0.3 is 13.8 Å². The van der Waals surface area contributed by atoms with Gasteiger partial charge in [-0.05, 0) is 43.5 Å². The van der Waals surface area contributed by atoms with Gasteiger partial charge in [0.2, 0.25) is 8.38 Å². The predicted molar refractivity (Wildman–Crippen MR) is 132 cm³/mol. The van der Waals surface area contributed by atoms with Crippen molar-refractivity contribution in [3.63, 3.8) is 0 Å². The highest BCUT2D eigenvalue weighted by Gasteiger charge is 2.15. The lowest BCUT2D eigenvalue weighted by Gasteiger charge is -2.19. The average Bonchev–Trinajstić information content (AvgIpc) is 2.75. The number of methoxy groups -OCH3 is 1. The van der Waals surface area contributed by atoms with Crippen molar-refractivity contribution < 1.29 is 13.8 Å². The Bertz CT molecular complexity index is 501. The highest BCUT2D eigenvalue weighted by molar-refractivity contribution is 7.56. The van der Waals surface area contributed by atoms with Crippen LogP contribution in [0.4, 0.5) is 0 Å². The zero-order valence-electron chi connectivity index (χ0n) is 20.2. The molecule has 0 saturated carbocycles. The molecule has 0 unspecified atom stereocenters. The maximum absolute atomic E-state index is 6.25. The number of rotatable bonds is 20. The molecule has 0 heterocycles. The normalized spacial score (nSPS) is 11.4. The van der Waals surface area contributed by atoms with E-state index in [1.54, 1.807) is 7.11 Å². The summed E-state index contributed by atoms with van der Waals surface area (Å²) in [5, 5.41) is 1.16. The van der Waals surface area contributed by atoms with Crippen LogP contribution in [0.3, 0.4) is 0 Å². The fourth-order valence-corrected chi connectivity index (χ4v) is 5.03. The van der Waals surface area contributed by atoms with E-state index in [4.69, 9.17) is 13.8 Å². The van der Waals surface area contributed by atoms with Gasteiger partial charge in [-0.2, -0.15) is 0 Å². The van der Waals surface area contributed by atoms with Gasteiger partial charge in [-0.3, -0.25) is 0 Å². The first-order chi connectivity index (χ1) is 14.7. The molecule has 0 atom stereocenters. The summed E-state index contributed by atoms with van der Waals surface area (Å²) >= 11 is 0. The van der Waals surface area contributed by atoms with Crippen LogP contribution in [-0.2, 0) is 9.05 Å². The van der Waals surface area contributed by atoms with E-state index >= 15 is 0 Å². The van der Waals surface area contributed by atoms with Crippen LogP contribution in [0.25, 0.3) is 0 Å². The molecule has 0 radical (unpaired) electrons. The van der Waals surface area contributed by atoms with Crippen LogP contribution >= 0.6 is 8.38 Å². The average molecular weight is 439 g/mol. The fourth-order valence-electron chi connectivity index (χ4n) is 3.58. The van der Waals surface area contributed by atoms with Gasteiger partial charge in [0, 0.05) is 5.30 Å². The quantitative estimate of drug-likeness (QED) is 0.151. The van der Waals surface area contributed by atoms with Crippen LogP contribution in [0.1, 0.15) is 109 Å². The molecule has 0 bridgehead atoms. The van der Waals surface area contributed by atoms with Gasteiger partial charge in [0.05, 0.1) is 20.3 Å². The Morgan fingerprint density at radius 1 is 0.667 bits per heavy atom. The smallest absolute Gasteiger partial charge is 0.205 e. The minimum atomic E-state index is -1.01. The van der Waals surface area contributed by atoms with Crippen molar-refractivity contribution in [1.29, 1.82) is 0 Å². The van der Waals surface area contributed by atoms with Crippen LogP contribution < -0.4 is 10.0 Å². The Morgan fingerprint density at radius 3 is 1.57 bits per heavy atom. The highest BCUT2D eigenvalue weighted by Crippen LogP contribution is 2.39. The molecule has 0 spiro atoms. The van der Waals surface area contributed by atoms with E-state index < -0.39 is 8.38 Å². The second-order valence-corrected chi connectivity index (χ2v) is 9.87. The number of aryl methyl sites for hydroxylation is 1. The maximum atomic E-state index is 6.25. The van der Waals surface area contributed by atoms with Crippen molar-refractivity contribution in [3.05, 3.63) is 23.8 Å². The number of hydrogen-bond acceptors (Lipinski definition) is 3. The van der Waals surface area contributed by atoms with Crippen molar-refractivity contribution >= 4 is 13.7 Å². The lowest BCUT2D eigenvalue weighted by molar-refractivity contribution is 0.246. The highest BCUT2D eigenvalue weighted by atomic mass is 31.2. The molecule has 1 rings (SSSR count). The van der Waals surface area contributed by atoms with E-state index in [1.165, 1.54) is 77.0 Å². The molecule has 0 saturated heterocycles. The molecule has 0 aliphatic heterocycles. The topological polar surface area (TPSA) is 27.7 Å². The lowest BCUT2D eigenvalue weighted by atomic mass is 10.1. The summed E-state index contributed by atoms with van der Waals surface area (Å²) in [7, 11) is 0.716. The van der Waals surface area contributed by atoms with Crippen LogP contribution in [-0.4, -0.2) is 20.3 Å². The third-order valence-corrected chi connectivity index (χ3v) is 7.04. The summed E-state index contributed by atoms with van der Waals surface area (Å²) in [6.07, 6.45) is 18.2. The van der Waals surface area contributed by atoms with E-state index in [0.29, 0.717) is 0 Å². The Balaban J connectivity index is 2.39.